The molecule has 176 valence electrons. The third kappa shape index (κ3) is 5.31. The van der Waals surface area contributed by atoms with Gasteiger partial charge in [0.15, 0.2) is 0 Å². The van der Waals surface area contributed by atoms with Crippen LogP contribution >= 0.6 is 0 Å². The lowest BCUT2D eigenvalue weighted by Gasteiger charge is -2.28. The number of hydrogen-bond acceptors (Lipinski definition) is 6. The number of benzene rings is 4. The van der Waals surface area contributed by atoms with Gasteiger partial charge in [-0.05, 0) is 58.8 Å². The number of nitrogens with zero attached hydrogens (tertiary/aromatic N) is 3. The summed E-state index contributed by atoms with van der Waals surface area (Å²) < 4.78 is 11.6. The highest BCUT2D eigenvalue weighted by Crippen LogP contribution is 2.29. The molecule has 5 rings (SSSR count). The second kappa shape index (κ2) is 10.4. The molecule has 0 N–H and O–H groups in total. The van der Waals surface area contributed by atoms with Crippen LogP contribution in [0.15, 0.2) is 89.9 Å². The molecule has 1 saturated heterocycles. The number of nitro benzene ring substituents is 1. The molecular formula is C28H25N3O4. The molecule has 1 heterocycles. The summed E-state index contributed by atoms with van der Waals surface area (Å²) in [5, 5.41) is 13.0. The Morgan fingerprint density at radius 1 is 0.943 bits per heavy atom. The van der Waals surface area contributed by atoms with E-state index in [0.29, 0.717) is 12.4 Å². The van der Waals surface area contributed by atoms with Gasteiger partial charge in [-0.25, -0.2) is 0 Å². The maximum atomic E-state index is 10.9. The number of fused-ring (bicyclic) bond motifs is 1. The summed E-state index contributed by atoms with van der Waals surface area (Å²) >= 11 is 0. The highest BCUT2D eigenvalue weighted by Gasteiger charge is 2.11. The fourth-order valence-corrected chi connectivity index (χ4v) is 4.12. The predicted molar refractivity (Wildman–Crippen MR) is 138 cm³/mol. The minimum atomic E-state index is -0.407. The van der Waals surface area contributed by atoms with Crippen molar-refractivity contribution < 1.29 is 14.4 Å². The summed E-state index contributed by atoms with van der Waals surface area (Å²) in [6.07, 6.45) is 1.84. The minimum Gasteiger partial charge on any atom is -0.488 e. The van der Waals surface area contributed by atoms with Gasteiger partial charge >= 0.3 is 0 Å². The van der Waals surface area contributed by atoms with Gasteiger partial charge in [-0.15, -0.1) is 0 Å². The van der Waals surface area contributed by atoms with Crippen molar-refractivity contribution in [3.63, 3.8) is 0 Å². The molecule has 7 nitrogen and oxygen atoms in total. The highest BCUT2D eigenvalue weighted by molar-refractivity contribution is 6.03. The molecule has 0 amide bonds. The first-order valence-electron chi connectivity index (χ1n) is 11.5. The lowest BCUT2D eigenvalue weighted by atomic mass is 10.0. The summed E-state index contributed by atoms with van der Waals surface area (Å²) in [4.78, 5) is 17.5. The predicted octanol–water partition coefficient (Wildman–Crippen LogP) is 5.91. The van der Waals surface area contributed by atoms with Crippen molar-refractivity contribution in [3.8, 4) is 5.75 Å². The quantitative estimate of drug-likeness (QED) is 0.192. The average molecular weight is 468 g/mol. The van der Waals surface area contributed by atoms with Gasteiger partial charge < -0.3 is 14.4 Å². The molecule has 1 fully saturated rings. The van der Waals surface area contributed by atoms with E-state index in [-0.39, 0.29) is 5.69 Å². The third-order valence-electron chi connectivity index (χ3n) is 6.04. The Labute approximate surface area is 203 Å². The van der Waals surface area contributed by atoms with Crippen LogP contribution in [-0.4, -0.2) is 37.4 Å². The Morgan fingerprint density at radius 3 is 2.43 bits per heavy atom. The molecule has 0 radical (unpaired) electrons. The van der Waals surface area contributed by atoms with Crippen LogP contribution in [0, 0.1) is 10.1 Å². The molecular weight excluding hydrogens is 442 g/mol. The van der Waals surface area contributed by atoms with E-state index in [1.54, 1.807) is 12.1 Å². The van der Waals surface area contributed by atoms with Crippen LogP contribution in [0.25, 0.3) is 10.8 Å². The first-order valence-corrected chi connectivity index (χ1v) is 11.5. The van der Waals surface area contributed by atoms with Crippen molar-refractivity contribution in [2.24, 2.45) is 4.99 Å². The van der Waals surface area contributed by atoms with Crippen LogP contribution in [0.4, 0.5) is 17.1 Å². The highest BCUT2D eigenvalue weighted by atomic mass is 16.6. The number of anilines is 1. The summed E-state index contributed by atoms with van der Waals surface area (Å²) in [6.45, 7) is 3.60. The number of rotatable bonds is 7. The molecule has 0 unspecified atom stereocenters. The van der Waals surface area contributed by atoms with Crippen LogP contribution in [0.5, 0.6) is 5.75 Å². The van der Waals surface area contributed by atoms with E-state index in [4.69, 9.17) is 14.5 Å². The number of nitro groups is 1. The van der Waals surface area contributed by atoms with E-state index >= 15 is 0 Å². The van der Waals surface area contributed by atoms with Crippen LogP contribution in [-0.2, 0) is 11.3 Å². The molecule has 0 saturated carbocycles. The Balaban J connectivity index is 1.38. The van der Waals surface area contributed by atoms with Crippen LogP contribution in [0.1, 0.15) is 11.1 Å². The summed E-state index contributed by atoms with van der Waals surface area (Å²) in [5.74, 6) is 0.704. The molecule has 0 atom stereocenters. The van der Waals surface area contributed by atoms with E-state index < -0.39 is 4.92 Å². The molecule has 0 spiro atoms. The van der Waals surface area contributed by atoms with Gasteiger partial charge in [0.25, 0.3) is 5.69 Å². The zero-order valence-corrected chi connectivity index (χ0v) is 19.2. The Kier molecular flexibility index (Phi) is 6.68. The van der Waals surface area contributed by atoms with Gasteiger partial charge in [0, 0.05) is 42.7 Å². The fraction of sp³-hybridized carbons (Fsp3) is 0.179. The molecule has 4 aromatic rings. The van der Waals surface area contributed by atoms with Crippen LogP contribution < -0.4 is 9.64 Å². The molecule has 0 aliphatic carbocycles. The fourth-order valence-electron chi connectivity index (χ4n) is 4.12. The Bertz CT molecular complexity index is 1350. The van der Waals surface area contributed by atoms with E-state index in [0.717, 1.165) is 53.9 Å². The van der Waals surface area contributed by atoms with Crippen molar-refractivity contribution in [1.82, 2.24) is 0 Å². The van der Waals surface area contributed by atoms with Gasteiger partial charge in [0.05, 0.1) is 23.8 Å². The average Bonchev–Trinajstić information content (AvgIpc) is 2.92. The number of non-ortho nitro benzene ring substituents is 1. The SMILES string of the molecule is O=[N+]([O-])c1ccc(COc2ccc3ccccc3c2C=Nc2ccc(N3CCOCC3)cc2)cc1. The summed E-state index contributed by atoms with van der Waals surface area (Å²) in [7, 11) is 0. The molecule has 7 heteroatoms. The maximum absolute atomic E-state index is 10.9. The lowest BCUT2D eigenvalue weighted by Crippen LogP contribution is -2.36. The monoisotopic (exact) mass is 467 g/mol. The first-order chi connectivity index (χ1) is 17.2. The topological polar surface area (TPSA) is 77.2 Å². The van der Waals surface area contributed by atoms with Gasteiger partial charge in [0.1, 0.15) is 12.4 Å². The maximum Gasteiger partial charge on any atom is 0.269 e. The smallest absolute Gasteiger partial charge is 0.269 e. The number of morpholine rings is 1. The number of aliphatic imine (C=N–C) groups is 1. The molecule has 35 heavy (non-hydrogen) atoms. The van der Waals surface area contributed by atoms with E-state index in [1.807, 2.05) is 42.6 Å². The summed E-state index contributed by atoms with van der Waals surface area (Å²) in [5.41, 5.74) is 3.83. The van der Waals surface area contributed by atoms with Crippen molar-refractivity contribution >= 4 is 34.0 Å². The second-order valence-electron chi connectivity index (χ2n) is 8.28. The Morgan fingerprint density at radius 2 is 1.69 bits per heavy atom. The molecule has 1 aliphatic rings. The Hall–Kier alpha value is -4.23. The molecule has 0 aromatic heterocycles. The van der Waals surface area contributed by atoms with E-state index in [1.165, 1.54) is 17.8 Å². The largest absolute Gasteiger partial charge is 0.488 e. The zero-order chi connectivity index (χ0) is 24.0. The number of ether oxygens (including phenoxy) is 2. The summed E-state index contributed by atoms with van der Waals surface area (Å²) in [6, 6.07) is 26.7. The van der Waals surface area contributed by atoms with Gasteiger partial charge in [-0.3, -0.25) is 15.1 Å². The van der Waals surface area contributed by atoms with Gasteiger partial charge in [-0.1, -0.05) is 30.3 Å². The van der Waals surface area contributed by atoms with Gasteiger partial charge in [-0.2, -0.15) is 0 Å². The second-order valence-corrected chi connectivity index (χ2v) is 8.28. The van der Waals surface area contributed by atoms with Crippen LogP contribution in [0.2, 0.25) is 0 Å². The van der Waals surface area contributed by atoms with E-state index in [2.05, 4.69) is 29.2 Å². The zero-order valence-electron chi connectivity index (χ0n) is 19.2. The normalized spacial score (nSPS) is 13.9. The first kappa shape index (κ1) is 22.6. The standard InChI is InChI=1S/C28H25N3O4/c32-31(33)25-10-5-21(6-11-25)20-35-28-14-7-22-3-1-2-4-26(22)27(28)19-29-23-8-12-24(13-9-23)30-15-17-34-18-16-30/h1-14,19H,15-18,20H2. The van der Waals surface area contributed by atoms with E-state index in [9.17, 15) is 10.1 Å². The van der Waals surface area contributed by atoms with Gasteiger partial charge in [0.2, 0.25) is 0 Å². The van der Waals surface area contributed by atoms with Crippen molar-refractivity contribution in [2.45, 2.75) is 6.61 Å². The minimum absolute atomic E-state index is 0.0620. The molecule has 0 bridgehead atoms. The molecule has 1 aliphatic heterocycles. The van der Waals surface area contributed by atoms with Crippen LogP contribution in [0.3, 0.4) is 0 Å². The van der Waals surface area contributed by atoms with Crippen molar-refractivity contribution in [3.05, 3.63) is 106 Å². The number of hydrogen-bond donors (Lipinski definition) is 0. The van der Waals surface area contributed by atoms with Crippen molar-refractivity contribution in [2.75, 3.05) is 31.2 Å². The van der Waals surface area contributed by atoms with Crippen molar-refractivity contribution in [1.29, 1.82) is 0 Å². The molecule has 4 aromatic carbocycles. The third-order valence-corrected chi connectivity index (χ3v) is 6.04. The lowest BCUT2D eigenvalue weighted by molar-refractivity contribution is -0.384.